The van der Waals surface area contributed by atoms with Crippen LogP contribution < -0.4 is 9.64 Å². The Kier molecular flexibility index (Phi) is 7.93. The first kappa shape index (κ1) is 26.5. The van der Waals surface area contributed by atoms with Gasteiger partial charge in [-0.2, -0.15) is 0 Å². The van der Waals surface area contributed by atoms with E-state index in [0.29, 0.717) is 31.0 Å². The van der Waals surface area contributed by atoms with Crippen LogP contribution in [0.4, 0.5) is 5.69 Å². The molecular weight excluding hydrogens is 476 g/mol. The number of carbonyl (C=O) groups is 2. The Morgan fingerprint density at radius 2 is 1.68 bits per heavy atom. The van der Waals surface area contributed by atoms with Crippen LogP contribution in [0.5, 0.6) is 5.75 Å². The molecule has 0 unspecified atom stereocenters. The Labute approximate surface area is 227 Å². The zero-order valence-electron chi connectivity index (χ0n) is 23.4. The number of nitrogens with zero attached hydrogens (tertiary/aromatic N) is 4. The summed E-state index contributed by atoms with van der Waals surface area (Å²) in [5, 5.41) is 0. The summed E-state index contributed by atoms with van der Waals surface area (Å²) in [7, 11) is 3.94. The van der Waals surface area contributed by atoms with Gasteiger partial charge in [-0.1, -0.05) is 12.1 Å². The summed E-state index contributed by atoms with van der Waals surface area (Å²) in [5.41, 5.74) is 4.57. The minimum absolute atomic E-state index is 0.0504. The van der Waals surface area contributed by atoms with E-state index in [0.717, 1.165) is 69.0 Å². The van der Waals surface area contributed by atoms with E-state index in [9.17, 15) is 9.59 Å². The average Bonchev–Trinajstić information content (AvgIpc) is 2.96. The summed E-state index contributed by atoms with van der Waals surface area (Å²) in [6.07, 6.45) is 2.97. The number of methoxy groups -OCH3 is 1. The third-order valence-corrected chi connectivity index (χ3v) is 9.02. The molecule has 3 atom stereocenters. The fourth-order valence-corrected chi connectivity index (χ4v) is 6.82. The molecule has 7 heteroatoms. The molecule has 2 aliphatic heterocycles. The molecule has 2 saturated heterocycles. The van der Waals surface area contributed by atoms with Crippen LogP contribution in [0, 0.1) is 11.8 Å². The van der Waals surface area contributed by atoms with Gasteiger partial charge in [-0.25, -0.2) is 0 Å². The number of rotatable bonds is 6. The average molecular weight is 519 g/mol. The smallest absolute Gasteiger partial charge is 0.253 e. The lowest BCUT2D eigenvalue weighted by molar-refractivity contribution is -0.139. The number of ether oxygens (including phenoxy) is 1. The Morgan fingerprint density at radius 1 is 0.974 bits per heavy atom. The molecule has 3 aliphatic rings. The van der Waals surface area contributed by atoms with Crippen LogP contribution in [-0.4, -0.2) is 92.5 Å². The van der Waals surface area contributed by atoms with E-state index >= 15 is 0 Å². The molecule has 2 amide bonds. The second kappa shape index (κ2) is 11.4. The summed E-state index contributed by atoms with van der Waals surface area (Å²) >= 11 is 0. The standard InChI is InChI=1S/C31H42N4O3/c1-5-33(6-2)30(36)22-10-12-26(13-11-22)34-14-16-35(17-15-34)31(37)25-18-24-19-27-23(8-7-9-29(27)38-4)20-28(24)32(3)21-25/h7-13,24-25,28H,5-6,14-21H2,1-4H3/t24-,25-,28-/m1/s1. The lowest BCUT2D eigenvalue weighted by Gasteiger charge is -2.47. The minimum atomic E-state index is 0.0504. The van der Waals surface area contributed by atoms with Crippen molar-refractivity contribution >= 4 is 17.5 Å². The Morgan fingerprint density at radius 3 is 2.34 bits per heavy atom. The minimum Gasteiger partial charge on any atom is -0.496 e. The van der Waals surface area contributed by atoms with Crippen LogP contribution in [0.3, 0.4) is 0 Å². The van der Waals surface area contributed by atoms with E-state index in [4.69, 9.17) is 4.74 Å². The number of benzene rings is 2. The zero-order valence-corrected chi connectivity index (χ0v) is 23.4. The molecule has 0 radical (unpaired) electrons. The van der Waals surface area contributed by atoms with E-state index in [-0.39, 0.29) is 11.8 Å². The number of piperazine rings is 1. The van der Waals surface area contributed by atoms with Crippen molar-refractivity contribution in [1.29, 1.82) is 0 Å². The van der Waals surface area contributed by atoms with Crippen molar-refractivity contribution in [2.24, 2.45) is 11.8 Å². The molecule has 0 spiro atoms. The van der Waals surface area contributed by atoms with Crippen LogP contribution in [0.2, 0.25) is 0 Å². The van der Waals surface area contributed by atoms with Gasteiger partial charge in [0.1, 0.15) is 5.75 Å². The van der Waals surface area contributed by atoms with Crippen molar-refractivity contribution < 1.29 is 14.3 Å². The number of hydrogen-bond acceptors (Lipinski definition) is 5. The highest BCUT2D eigenvalue weighted by atomic mass is 16.5. The van der Waals surface area contributed by atoms with Gasteiger partial charge in [0.2, 0.25) is 5.91 Å². The Hall–Kier alpha value is -3.06. The third kappa shape index (κ3) is 5.13. The number of hydrogen-bond donors (Lipinski definition) is 0. The molecule has 38 heavy (non-hydrogen) atoms. The number of likely N-dealkylation sites (tertiary alicyclic amines) is 1. The van der Waals surface area contributed by atoms with Crippen LogP contribution in [0.25, 0.3) is 0 Å². The molecule has 0 bridgehead atoms. The summed E-state index contributed by atoms with van der Waals surface area (Å²) in [5.74, 6) is 1.90. The van der Waals surface area contributed by atoms with E-state index in [1.165, 1.54) is 11.1 Å². The summed E-state index contributed by atoms with van der Waals surface area (Å²) in [4.78, 5) is 34.9. The second-order valence-electron chi connectivity index (χ2n) is 11.0. The predicted molar refractivity (Wildman–Crippen MR) is 151 cm³/mol. The highest BCUT2D eigenvalue weighted by molar-refractivity contribution is 5.94. The molecule has 7 nitrogen and oxygen atoms in total. The topological polar surface area (TPSA) is 56.3 Å². The Bertz CT molecular complexity index is 1140. The van der Waals surface area contributed by atoms with Crippen molar-refractivity contribution in [2.45, 2.75) is 39.2 Å². The van der Waals surface area contributed by atoms with Gasteiger partial charge in [0.25, 0.3) is 5.91 Å². The number of amides is 2. The van der Waals surface area contributed by atoms with Gasteiger partial charge in [0.05, 0.1) is 13.0 Å². The molecule has 0 aromatic heterocycles. The van der Waals surface area contributed by atoms with Gasteiger partial charge in [-0.3, -0.25) is 9.59 Å². The van der Waals surface area contributed by atoms with Gasteiger partial charge in [0.15, 0.2) is 0 Å². The first-order valence-electron chi connectivity index (χ1n) is 14.2. The molecule has 204 valence electrons. The van der Waals surface area contributed by atoms with Gasteiger partial charge in [-0.05, 0) is 87.5 Å². The number of anilines is 1. The Balaban J connectivity index is 1.18. The highest BCUT2D eigenvalue weighted by Crippen LogP contribution is 2.40. The van der Waals surface area contributed by atoms with Gasteiger partial charge in [-0.15, -0.1) is 0 Å². The molecule has 2 fully saturated rings. The summed E-state index contributed by atoms with van der Waals surface area (Å²) < 4.78 is 5.66. The van der Waals surface area contributed by atoms with Crippen LogP contribution >= 0.6 is 0 Å². The van der Waals surface area contributed by atoms with E-state index < -0.39 is 0 Å². The molecule has 0 N–H and O–H groups in total. The fourth-order valence-electron chi connectivity index (χ4n) is 6.82. The molecule has 2 aromatic rings. The first-order valence-corrected chi connectivity index (χ1v) is 14.2. The van der Waals surface area contributed by atoms with Gasteiger partial charge in [0, 0.05) is 63.1 Å². The predicted octanol–water partition coefficient (Wildman–Crippen LogP) is 3.56. The lowest BCUT2D eigenvalue weighted by atomic mass is 9.72. The monoisotopic (exact) mass is 518 g/mol. The van der Waals surface area contributed by atoms with Crippen LogP contribution in [0.1, 0.15) is 41.8 Å². The van der Waals surface area contributed by atoms with Crippen molar-refractivity contribution in [3.8, 4) is 5.75 Å². The second-order valence-corrected chi connectivity index (χ2v) is 11.0. The largest absolute Gasteiger partial charge is 0.496 e. The number of carbonyl (C=O) groups excluding carboxylic acids is 2. The normalized spacial score (nSPS) is 23.4. The quantitative estimate of drug-likeness (QED) is 0.585. The van der Waals surface area contributed by atoms with Crippen molar-refractivity contribution in [1.82, 2.24) is 14.7 Å². The number of likely N-dealkylation sites (N-methyl/N-ethyl adjacent to an activating group) is 1. The number of fused-ring (bicyclic) bond motifs is 2. The molecular formula is C31H42N4O3. The zero-order chi connectivity index (χ0) is 26.8. The van der Waals surface area contributed by atoms with Crippen molar-refractivity contribution in [2.75, 3.05) is 64.9 Å². The molecule has 5 rings (SSSR count). The lowest BCUT2D eigenvalue weighted by Crippen LogP contribution is -2.56. The third-order valence-electron chi connectivity index (χ3n) is 9.02. The molecule has 1 aliphatic carbocycles. The maximum Gasteiger partial charge on any atom is 0.253 e. The van der Waals surface area contributed by atoms with E-state index in [1.807, 2.05) is 43.0 Å². The molecule has 0 saturated carbocycles. The van der Waals surface area contributed by atoms with Crippen LogP contribution in [-0.2, 0) is 17.6 Å². The highest BCUT2D eigenvalue weighted by Gasteiger charge is 2.41. The molecule has 2 aromatic carbocycles. The maximum absolute atomic E-state index is 13.6. The van der Waals surface area contributed by atoms with Crippen molar-refractivity contribution in [3.63, 3.8) is 0 Å². The van der Waals surface area contributed by atoms with Crippen molar-refractivity contribution in [3.05, 3.63) is 59.2 Å². The summed E-state index contributed by atoms with van der Waals surface area (Å²) in [6.45, 7) is 9.38. The fraction of sp³-hybridized carbons (Fsp3) is 0.548. The summed E-state index contributed by atoms with van der Waals surface area (Å²) in [6, 6.07) is 14.8. The van der Waals surface area contributed by atoms with E-state index in [2.05, 4.69) is 39.9 Å². The van der Waals surface area contributed by atoms with E-state index in [1.54, 1.807) is 7.11 Å². The first-order chi connectivity index (χ1) is 18.4. The van der Waals surface area contributed by atoms with Gasteiger partial charge < -0.3 is 24.3 Å². The maximum atomic E-state index is 13.6. The molecule has 2 heterocycles. The van der Waals surface area contributed by atoms with Gasteiger partial charge >= 0.3 is 0 Å². The SMILES string of the molecule is CCN(CC)C(=O)c1ccc(N2CCN(C(=O)[C@@H]3C[C@@H]4Cc5c(cccc5OC)C[C@H]4N(C)C3)CC2)cc1. The number of piperidine rings is 1. The van der Waals surface area contributed by atoms with Crippen LogP contribution in [0.15, 0.2) is 42.5 Å².